The number of allylic oxidation sites excluding steroid dienone is 12. The molecule has 0 spiro atoms. The van der Waals surface area contributed by atoms with Crippen molar-refractivity contribution in [3.63, 3.8) is 0 Å². The first-order chi connectivity index (χ1) is 59.4. The Morgan fingerprint density at radius 2 is 0.579 bits per heavy atom. The summed E-state index contributed by atoms with van der Waals surface area (Å²) in [6.07, 6.45) is 10.8. The lowest BCUT2D eigenvalue weighted by molar-refractivity contribution is 0.0828. The molecular formula is C104H120O22. The molecule has 0 aromatic heterocycles. The van der Waals surface area contributed by atoms with Crippen molar-refractivity contribution in [3.05, 3.63) is 270 Å². The zero-order chi connectivity index (χ0) is 92.9. The van der Waals surface area contributed by atoms with E-state index in [-0.39, 0.29) is 175 Å². The van der Waals surface area contributed by atoms with Gasteiger partial charge in [-0.05, 0) is 249 Å². The van der Waals surface area contributed by atoms with Crippen molar-refractivity contribution in [2.45, 2.75) is 198 Å². The average Bonchev–Trinajstić information content (AvgIpc) is 0.772. The van der Waals surface area contributed by atoms with Gasteiger partial charge in [-0.2, -0.15) is 0 Å². The Balaban J connectivity index is 0.000000190. The Morgan fingerprint density at radius 3 is 0.865 bits per heavy atom. The number of phenols is 12. The van der Waals surface area contributed by atoms with Crippen LogP contribution in [0.1, 0.15) is 256 Å². The Labute approximate surface area is 738 Å². The smallest absolute Gasteiger partial charge is 0.174 e. The molecule has 4 aliphatic rings. The van der Waals surface area contributed by atoms with Gasteiger partial charge in [0.25, 0.3) is 0 Å². The summed E-state index contributed by atoms with van der Waals surface area (Å²) in [4.78, 5) is 52.2. The van der Waals surface area contributed by atoms with Crippen LogP contribution in [0.4, 0.5) is 0 Å². The SMILES string of the molecule is C=C(C)C(CC=C(C)C)Cc1c(C)cc(O)c2c1O[C@H](c1ccc(O)cc1O)CC2=O.C=C(C)C(CC=C(C)C)Cc1c(O)cc(O)c2c1O[C@H](c1ccc(O)cc1O)CC2=O.C=C(C)C(CC=C(C)C)Cc1c(O)cc(OC)c2c1O[C@H](c1ccc(O)cc1C)CC2=O.C=C(C)C(CC=C(C)C)Cc1c(O)cc(OC)c2c1O[C@H](c1ccc(O)cc1O)CC2=O. The number of Topliss-reactive ketones (excluding diaryl/α,β-unsaturated/α-hetero) is 4. The van der Waals surface area contributed by atoms with Crippen LogP contribution < -0.4 is 28.4 Å². The zero-order valence-corrected chi connectivity index (χ0v) is 74.9. The molecule has 22 nitrogen and oxygen atoms in total. The first-order valence-corrected chi connectivity index (χ1v) is 42.0. The number of phenolic OH excluding ortho intramolecular Hbond substituents is 12. The fraction of sp³-hybridized carbons (Fsp3) is 0.346. The molecule has 22 heteroatoms. The van der Waals surface area contributed by atoms with Gasteiger partial charge in [0.05, 0.1) is 39.9 Å². The summed E-state index contributed by atoms with van der Waals surface area (Å²) in [6, 6.07) is 23.2. The van der Waals surface area contributed by atoms with E-state index in [0.29, 0.717) is 88.3 Å². The molecule has 4 unspecified atom stereocenters. The van der Waals surface area contributed by atoms with Crippen LogP contribution in [-0.4, -0.2) is 98.6 Å². The van der Waals surface area contributed by atoms with Gasteiger partial charge < -0.3 is 89.7 Å². The third-order valence-corrected chi connectivity index (χ3v) is 23.2. The van der Waals surface area contributed by atoms with Crippen molar-refractivity contribution in [3.8, 4) is 103 Å². The number of rotatable bonds is 26. The van der Waals surface area contributed by atoms with Crippen molar-refractivity contribution in [1.82, 2.24) is 0 Å². The Bertz CT molecular complexity index is 5310. The fourth-order valence-corrected chi connectivity index (χ4v) is 15.8. The van der Waals surface area contributed by atoms with Gasteiger partial charge in [0.1, 0.15) is 150 Å². The standard InChI is InChI=1S/C27H32O5.C26H30O6.C26H30O5.C25H28O6/c1-15(2)7-8-18(16(3)4)12-21-22(29)13-25(31-6)26-23(30)14-24(32-27(21)26)20-10-9-19(28)11-17(20)5;1-14(2)6-7-16(15(3)4)10-19-21(29)12-24(31-5)25-22(30)13-23(32-26(19)25)18-9-8-17(27)11-20(18)28;1-14(2)6-7-17(15(3)4)11-20-16(5)10-22(29)25-23(30)13-24(31-26(20)25)19-9-8-18(27)12-21(19)28;1-13(2)5-6-15(14(3)4)9-18-20(28)11-21(29)24-22(30)12-23(31-25(18)24)17-8-7-16(26)10-19(17)27/h7,9-11,13,18,24,28-29H,3,8,12,14H2,1-2,4-6H3;6,8-9,11-12,16,23,27-29H,3,7,10,13H2,1-2,4-5H3;6,8-10,12,17,24,27-29H,3,7,11,13H2,1-2,4-5H3;5,7-8,10-11,15,23,26-29H,3,6,9,12H2,1-2,4H3/t18?,24-;16?,23-;17?,24-;15?,23-/m0000/s1. The molecule has 0 bridgehead atoms. The van der Waals surface area contributed by atoms with E-state index >= 15 is 0 Å². The Kier molecular flexibility index (Phi) is 32.2. The fourth-order valence-electron chi connectivity index (χ4n) is 15.8. The molecule has 126 heavy (non-hydrogen) atoms. The van der Waals surface area contributed by atoms with E-state index < -0.39 is 24.4 Å². The highest BCUT2D eigenvalue weighted by Gasteiger charge is 2.41. The second kappa shape index (κ2) is 42.0. The van der Waals surface area contributed by atoms with Gasteiger partial charge in [-0.3, -0.25) is 19.2 Å². The van der Waals surface area contributed by atoms with Crippen molar-refractivity contribution in [1.29, 1.82) is 0 Å². The number of benzene rings is 8. The maximum absolute atomic E-state index is 13.2. The molecule has 8 aromatic carbocycles. The minimum Gasteiger partial charge on any atom is -0.508 e. The van der Waals surface area contributed by atoms with E-state index in [9.17, 15) is 80.5 Å². The summed E-state index contributed by atoms with van der Waals surface area (Å²) in [5, 5.41) is 122. The van der Waals surface area contributed by atoms with Crippen LogP contribution in [0.2, 0.25) is 0 Å². The van der Waals surface area contributed by atoms with E-state index in [2.05, 4.69) is 78.3 Å². The minimum atomic E-state index is -0.818. The number of methoxy groups -OCH3 is 2. The van der Waals surface area contributed by atoms with Crippen LogP contribution in [-0.2, 0) is 25.7 Å². The number of hydrogen-bond acceptors (Lipinski definition) is 22. The summed E-state index contributed by atoms with van der Waals surface area (Å²) in [5.74, 6) is -0.121. The van der Waals surface area contributed by atoms with Gasteiger partial charge in [0.15, 0.2) is 23.1 Å². The third-order valence-electron chi connectivity index (χ3n) is 23.2. The van der Waals surface area contributed by atoms with Gasteiger partial charge in [-0.15, -0.1) is 0 Å². The van der Waals surface area contributed by atoms with E-state index in [0.717, 1.165) is 69.4 Å². The molecule has 0 aliphatic carbocycles. The average molecular weight is 1720 g/mol. The van der Waals surface area contributed by atoms with Gasteiger partial charge in [0, 0.05) is 69.8 Å². The third kappa shape index (κ3) is 23.4. The molecule has 4 aliphatic heterocycles. The summed E-state index contributed by atoms with van der Waals surface area (Å²) >= 11 is 0. The van der Waals surface area contributed by atoms with Crippen LogP contribution in [0.15, 0.2) is 192 Å². The maximum atomic E-state index is 13.2. The Hall–Kier alpha value is -13.2. The first-order valence-electron chi connectivity index (χ1n) is 42.0. The Morgan fingerprint density at radius 1 is 0.325 bits per heavy atom. The monoisotopic (exact) mass is 1720 g/mol. The highest BCUT2D eigenvalue weighted by atomic mass is 16.5. The quantitative estimate of drug-likeness (QED) is 0.0224. The zero-order valence-electron chi connectivity index (χ0n) is 74.9. The summed E-state index contributed by atoms with van der Waals surface area (Å²) < 4.78 is 35.7. The summed E-state index contributed by atoms with van der Waals surface area (Å²) in [6.45, 7) is 44.3. The predicted octanol–water partition coefficient (Wildman–Crippen LogP) is 23.0. The molecule has 0 fully saturated rings. The van der Waals surface area contributed by atoms with Crippen molar-refractivity contribution < 1.29 is 109 Å². The molecule has 8 atom stereocenters. The molecule has 0 amide bonds. The van der Waals surface area contributed by atoms with E-state index in [1.807, 2.05) is 69.2 Å². The van der Waals surface area contributed by atoms with Gasteiger partial charge in [0.2, 0.25) is 0 Å². The van der Waals surface area contributed by atoms with Crippen LogP contribution in [0.25, 0.3) is 0 Å². The first kappa shape index (κ1) is 96.6. The molecule has 4 heterocycles. The number of ether oxygens (including phenoxy) is 6. The van der Waals surface area contributed by atoms with E-state index in [1.54, 1.807) is 30.3 Å². The molecule has 0 saturated heterocycles. The number of carbonyl (C=O) groups excluding carboxylic acids is 4. The molecular weight excluding hydrogens is 1600 g/mol. The van der Waals surface area contributed by atoms with Crippen LogP contribution in [0.5, 0.6) is 103 Å². The van der Waals surface area contributed by atoms with Crippen LogP contribution in [0.3, 0.4) is 0 Å². The lowest BCUT2D eigenvalue weighted by Crippen LogP contribution is -2.23. The summed E-state index contributed by atoms with van der Waals surface area (Å²) in [5.41, 5.74) is 15.6. The highest BCUT2D eigenvalue weighted by molar-refractivity contribution is 6.06. The van der Waals surface area contributed by atoms with Crippen LogP contribution >= 0.6 is 0 Å². The number of ketones is 4. The number of hydrogen-bond donors (Lipinski definition) is 12. The second-order valence-electron chi connectivity index (χ2n) is 34.3. The lowest BCUT2D eigenvalue weighted by atomic mass is 9.85. The van der Waals surface area contributed by atoms with Crippen molar-refractivity contribution in [2.75, 3.05) is 14.2 Å². The molecule has 8 aromatic rings. The topological polar surface area (TPSA) is 366 Å². The number of aryl methyl sites for hydroxylation is 2. The van der Waals surface area contributed by atoms with Crippen LogP contribution in [0, 0.1) is 37.5 Å². The number of carbonyl (C=O) groups is 4. The summed E-state index contributed by atoms with van der Waals surface area (Å²) in [7, 11) is 2.91. The highest BCUT2D eigenvalue weighted by Crippen LogP contribution is 2.53. The molecule has 12 N–H and O–H groups in total. The maximum Gasteiger partial charge on any atom is 0.174 e. The van der Waals surface area contributed by atoms with Gasteiger partial charge >= 0.3 is 0 Å². The minimum absolute atomic E-state index is 0.00408. The molecule has 12 rings (SSSR count). The number of aromatic hydroxyl groups is 12. The van der Waals surface area contributed by atoms with E-state index in [1.165, 1.54) is 97.7 Å². The van der Waals surface area contributed by atoms with Gasteiger partial charge in [-0.25, -0.2) is 0 Å². The van der Waals surface area contributed by atoms with Crippen molar-refractivity contribution in [2.24, 2.45) is 23.7 Å². The number of fused-ring (bicyclic) bond motifs is 4. The predicted molar refractivity (Wildman–Crippen MR) is 488 cm³/mol. The largest absolute Gasteiger partial charge is 0.508 e. The lowest BCUT2D eigenvalue weighted by Gasteiger charge is -2.30. The van der Waals surface area contributed by atoms with Gasteiger partial charge in [-0.1, -0.05) is 101 Å². The normalized spacial score (nSPS) is 16.1. The molecule has 0 saturated carbocycles. The molecule has 668 valence electrons. The van der Waals surface area contributed by atoms with E-state index in [4.69, 9.17) is 28.4 Å². The second-order valence-corrected chi connectivity index (χ2v) is 34.3. The van der Waals surface area contributed by atoms with Crippen molar-refractivity contribution >= 4 is 23.1 Å². The molecule has 0 radical (unpaired) electrons.